The molecule has 0 aliphatic heterocycles. The predicted octanol–water partition coefficient (Wildman–Crippen LogP) is 1.56. The van der Waals surface area contributed by atoms with Gasteiger partial charge in [-0.3, -0.25) is 0 Å². The van der Waals surface area contributed by atoms with Gasteiger partial charge in [-0.15, -0.1) is 0 Å². The van der Waals surface area contributed by atoms with E-state index in [1.165, 1.54) is 0 Å². The fourth-order valence-electron chi connectivity index (χ4n) is 1.20. The standard InChI is InChI=1S/C9H9BrN4/c1-14-3-2-11-9(14)5-7-4-8(10)13-6-12-7/h2-4,6H,5H2,1H3. The molecule has 5 heteroatoms. The van der Waals surface area contributed by atoms with E-state index >= 15 is 0 Å². The minimum atomic E-state index is 0.727. The second-order valence-corrected chi connectivity index (χ2v) is 3.78. The monoisotopic (exact) mass is 252 g/mol. The number of aromatic nitrogens is 4. The van der Waals surface area contributed by atoms with Crippen molar-refractivity contribution in [3.63, 3.8) is 0 Å². The van der Waals surface area contributed by atoms with Crippen molar-refractivity contribution >= 4 is 15.9 Å². The third-order valence-corrected chi connectivity index (χ3v) is 2.38. The van der Waals surface area contributed by atoms with Crippen LogP contribution < -0.4 is 0 Å². The lowest BCUT2D eigenvalue weighted by atomic mass is 10.3. The third kappa shape index (κ3) is 1.98. The fourth-order valence-corrected chi connectivity index (χ4v) is 1.55. The molecule has 0 atom stereocenters. The van der Waals surface area contributed by atoms with Crippen LogP contribution in [-0.4, -0.2) is 19.5 Å². The lowest BCUT2D eigenvalue weighted by Gasteiger charge is -2.00. The largest absolute Gasteiger partial charge is 0.338 e. The van der Waals surface area contributed by atoms with Crippen molar-refractivity contribution in [2.45, 2.75) is 6.42 Å². The van der Waals surface area contributed by atoms with Gasteiger partial charge in [0, 0.05) is 25.9 Å². The van der Waals surface area contributed by atoms with E-state index in [0.717, 1.165) is 22.5 Å². The number of nitrogens with zero attached hydrogens (tertiary/aromatic N) is 4. The van der Waals surface area contributed by atoms with Gasteiger partial charge >= 0.3 is 0 Å². The molecule has 4 nitrogen and oxygen atoms in total. The highest BCUT2D eigenvalue weighted by Gasteiger charge is 2.02. The van der Waals surface area contributed by atoms with Crippen molar-refractivity contribution in [1.29, 1.82) is 0 Å². The SMILES string of the molecule is Cn1ccnc1Cc1cc(Br)ncn1. The first-order valence-electron chi connectivity index (χ1n) is 4.18. The Bertz CT molecular complexity index is 438. The Morgan fingerprint density at radius 2 is 2.21 bits per heavy atom. The molecule has 0 amide bonds. The van der Waals surface area contributed by atoms with Crippen LogP contribution in [0, 0.1) is 0 Å². The number of halogens is 1. The Balaban J connectivity index is 2.23. The average molecular weight is 253 g/mol. The summed E-state index contributed by atoms with van der Waals surface area (Å²) in [5.41, 5.74) is 0.959. The van der Waals surface area contributed by atoms with Crippen LogP contribution in [0.25, 0.3) is 0 Å². The molecule has 0 N–H and O–H groups in total. The summed E-state index contributed by atoms with van der Waals surface area (Å²) < 4.78 is 2.78. The van der Waals surface area contributed by atoms with Gasteiger partial charge < -0.3 is 4.57 Å². The third-order valence-electron chi connectivity index (χ3n) is 1.95. The number of hydrogen-bond acceptors (Lipinski definition) is 3. The van der Waals surface area contributed by atoms with E-state index in [1.807, 2.05) is 23.9 Å². The zero-order chi connectivity index (χ0) is 9.97. The minimum absolute atomic E-state index is 0.727. The molecular weight excluding hydrogens is 244 g/mol. The van der Waals surface area contributed by atoms with Gasteiger partial charge in [0.1, 0.15) is 16.8 Å². The quantitative estimate of drug-likeness (QED) is 0.763. The van der Waals surface area contributed by atoms with Crippen molar-refractivity contribution in [2.75, 3.05) is 0 Å². The fraction of sp³-hybridized carbons (Fsp3) is 0.222. The molecule has 72 valence electrons. The molecule has 0 radical (unpaired) electrons. The zero-order valence-corrected chi connectivity index (χ0v) is 9.27. The summed E-state index contributed by atoms with van der Waals surface area (Å²) in [6.07, 6.45) is 5.98. The molecule has 0 fully saturated rings. The van der Waals surface area contributed by atoms with Crippen molar-refractivity contribution in [2.24, 2.45) is 7.05 Å². The maximum absolute atomic E-state index is 4.23. The normalized spacial score (nSPS) is 10.4. The lowest BCUT2D eigenvalue weighted by molar-refractivity contribution is 0.808. The molecule has 0 saturated carbocycles. The van der Waals surface area contributed by atoms with Crippen LogP contribution >= 0.6 is 15.9 Å². The van der Waals surface area contributed by atoms with Crippen molar-refractivity contribution < 1.29 is 0 Å². The molecule has 0 unspecified atom stereocenters. The summed E-state index contributed by atoms with van der Waals surface area (Å²) in [7, 11) is 1.97. The number of imidazole rings is 1. The van der Waals surface area contributed by atoms with Crippen LogP contribution in [0.2, 0.25) is 0 Å². The second kappa shape index (κ2) is 3.88. The maximum Gasteiger partial charge on any atom is 0.116 e. The summed E-state index contributed by atoms with van der Waals surface area (Å²) in [5.74, 6) is 0.996. The molecule has 0 spiro atoms. The minimum Gasteiger partial charge on any atom is -0.338 e. The number of aryl methyl sites for hydroxylation is 1. The van der Waals surface area contributed by atoms with Gasteiger partial charge in [0.2, 0.25) is 0 Å². The Morgan fingerprint density at radius 1 is 1.36 bits per heavy atom. The Hall–Kier alpha value is -1.23. The summed E-state index contributed by atoms with van der Waals surface area (Å²) >= 11 is 3.31. The topological polar surface area (TPSA) is 43.6 Å². The molecule has 0 aliphatic carbocycles. The molecule has 2 aromatic heterocycles. The van der Waals surface area contributed by atoms with Crippen molar-refractivity contribution in [1.82, 2.24) is 19.5 Å². The summed E-state index contributed by atoms with van der Waals surface area (Å²) in [6.45, 7) is 0. The van der Waals surface area contributed by atoms with E-state index in [1.54, 1.807) is 12.5 Å². The van der Waals surface area contributed by atoms with Gasteiger partial charge in [0.05, 0.1) is 5.69 Å². The van der Waals surface area contributed by atoms with Gasteiger partial charge in [-0.05, 0) is 22.0 Å². The first kappa shape index (κ1) is 9.33. The number of rotatable bonds is 2. The molecule has 2 aromatic rings. The zero-order valence-electron chi connectivity index (χ0n) is 7.68. The van der Waals surface area contributed by atoms with E-state index in [9.17, 15) is 0 Å². The molecule has 2 heterocycles. The highest BCUT2D eigenvalue weighted by atomic mass is 79.9. The van der Waals surface area contributed by atoms with E-state index in [-0.39, 0.29) is 0 Å². The first-order chi connectivity index (χ1) is 6.75. The van der Waals surface area contributed by atoms with Gasteiger partial charge in [0.15, 0.2) is 0 Å². The lowest BCUT2D eigenvalue weighted by Crippen LogP contribution is -2.00. The first-order valence-corrected chi connectivity index (χ1v) is 4.97. The Morgan fingerprint density at radius 3 is 2.86 bits per heavy atom. The van der Waals surface area contributed by atoms with E-state index in [4.69, 9.17) is 0 Å². The van der Waals surface area contributed by atoms with Crippen LogP contribution in [0.3, 0.4) is 0 Å². The van der Waals surface area contributed by atoms with Gasteiger partial charge in [0.25, 0.3) is 0 Å². The van der Waals surface area contributed by atoms with Crippen LogP contribution in [0.15, 0.2) is 29.4 Å². The van der Waals surface area contributed by atoms with Gasteiger partial charge in [-0.1, -0.05) is 0 Å². The Kier molecular flexibility index (Phi) is 2.58. The van der Waals surface area contributed by atoms with Gasteiger partial charge in [-0.25, -0.2) is 15.0 Å². The molecule has 0 saturated heterocycles. The van der Waals surface area contributed by atoms with Crippen LogP contribution in [0.1, 0.15) is 11.5 Å². The molecule has 0 aliphatic rings. The van der Waals surface area contributed by atoms with E-state index in [2.05, 4.69) is 30.9 Å². The van der Waals surface area contributed by atoms with Crippen molar-refractivity contribution in [3.8, 4) is 0 Å². The highest BCUT2D eigenvalue weighted by molar-refractivity contribution is 9.10. The van der Waals surface area contributed by atoms with Crippen LogP contribution in [-0.2, 0) is 13.5 Å². The molecule has 0 aromatic carbocycles. The average Bonchev–Trinajstić information content (AvgIpc) is 2.52. The van der Waals surface area contributed by atoms with Crippen LogP contribution in [0.5, 0.6) is 0 Å². The van der Waals surface area contributed by atoms with Gasteiger partial charge in [-0.2, -0.15) is 0 Å². The summed E-state index contributed by atoms with van der Waals surface area (Å²) in [4.78, 5) is 12.4. The molecule has 2 rings (SSSR count). The second-order valence-electron chi connectivity index (χ2n) is 2.96. The van der Waals surface area contributed by atoms with Crippen LogP contribution in [0.4, 0.5) is 0 Å². The van der Waals surface area contributed by atoms with E-state index < -0.39 is 0 Å². The predicted molar refractivity (Wildman–Crippen MR) is 55.7 cm³/mol. The molecule has 0 bridgehead atoms. The van der Waals surface area contributed by atoms with Crippen molar-refractivity contribution in [3.05, 3.63) is 40.9 Å². The maximum atomic E-state index is 4.23. The summed E-state index contributed by atoms with van der Waals surface area (Å²) in [5, 5.41) is 0. The van der Waals surface area contributed by atoms with E-state index in [0.29, 0.717) is 0 Å². The highest BCUT2D eigenvalue weighted by Crippen LogP contribution is 2.08. The Labute approximate surface area is 90.2 Å². The number of hydrogen-bond donors (Lipinski definition) is 0. The summed E-state index contributed by atoms with van der Waals surface area (Å²) in [6, 6.07) is 1.90. The molecular formula is C9H9BrN4. The smallest absolute Gasteiger partial charge is 0.116 e. The molecule has 14 heavy (non-hydrogen) atoms.